The van der Waals surface area contributed by atoms with Crippen molar-refractivity contribution in [3.63, 3.8) is 0 Å². The van der Waals surface area contributed by atoms with Crippen molar-refractivity contribution < 1.29 is 19.1 Å². The van der Waals surface area contributed by atoms with Crippen LogP contribution in [0.3, 0.4) is 0 Å². The molecular weight excluding hydrogens is 420 g/mol. The van der Waals surface area contributed by atoms with Crippen molar-refractivity contribution in [1.82, 2.24) is 9.80 Å². The Balaban J connectivity index is 1.60. The first kappa shape index (κ1) is 20.1. The number of hydrogen-bond acceptors (Lipinski definition) is 6. The topological polar surface area (TPSA) is 83.2 Å². The number of phenols is 1. The van der Waals surface area contributed by atoms with Crippen molar-refractivity contribution in [2.45, 2.75) is 6.04 Å². The minimum absolute atomic E-state index is 0.0693. The van der Waals surface area contributed by atoms with E-state index >= 15 is 0 Å². The quantitative estimate of drug-likeness (QED) is 0.671. The van der Waals surface area contributed by atoms with Crippen LogP contribution in [0.5, 0.6) is 5.75 Å². The van der Waals surface area contributed by atoms with Gasteiger partial charge in [0.05, 0.1) is 30.2 Å². The zero-order valence-electron chi connectivity index (χ0n) is 16.7. The molecule has 1 aromatic heterocycles. The third-order valence-electron chi connectivity index (χ3n) is 5.90. The van der Waals surface area contributed by atoms with Gasteiger partial charge in [0.25, 0.3) is 5.91 Å². The molecule has 5 rings (SSSR count). The third-order valence-corrected chi connectivity index (χ3v) is 6.13. The van der Waals surface area contributed by atoms with Gasteiger partial charge in [0.1, 0.15) is 11.3 Å². The van der Waals surface area contributed by atoms with Crippen LogP contribution in [0, 0.1) is 0 Å². The fourth-order valence-electron chi connectivity index (χ4n) is 4.30. The van der Waals surface area contributed by atoms with E-state index < -0.39 is 6.04 Å². The monoisotopic (exact) mass is 440 g/mol. The second-order valence-corrected chi connectivity index (χ2v) is 8.20. The number of morpholine rings is 1. The van der Waals surface area contributed by atoms with E-state index in [9.17, 15) is 14.7 Å². The van der Waals surface area contributed by atoms with E-state index in [2.05, 4.69) is 4.90 Å². The van der Waals surface area contributed by atoms with Crippen molar-refractivity contribution >= 4 is 28.5 Å². The van der Waals surface area contributed by atoms with E-state index in [4.69, 9.17) is 20.8 Å². The number of nitrogens with zero attached hydrogens (tertiary/aromatic N) is 2. The number of carbonyl (C=O) groups is 1. The molecule has 1 N–H and O–H groups in total. The molecule has 0 spiro atoms. The highest BCUT2D eigenvalue weighted by Gasteiger charge is 2.42. The summed E-state index contributed by atoms with van der Waals surface area (Å²) in [5.41, 5.74) is 1.12. The molecule has 7 nitrogen and oxygen atoms in total. The molecule has 1 saturated heterocycles. The van der Waals surface area contributed by atoms with Gasteiger partial charge < -0.3 is 19.2 Å². The lowest BCUT2D eigenvalue weighted by atomic mass is 9.98. The standard InChI is InChI=1S/C23H21ClN2O5/c24-15-3-6-18-17(13-15)21(28)19-20(14-1-4-16(27)5-2-14)26(23(29)22(19)31-18)8-7-25-9-11-30-12-10-25/h1-6,13,20,27H,7-12H2. The van der Waals surface area contributed by atoms with E-state index in [1.165, 1.54) is 0 Å². The molecule has 1 amide bonds. The summed E-state index contributed by atoms with van der Waals surface area (Å²) in [6, 6.07) is 10.8. The molecule has 0 bridgehead atoms. The Kier molecular flexibility index (Phi) is 5.17. The molecule has 31 heavy (non-hydrogen) atoms. The number of amides is 1. The Morgan fingerprint density at radius 3 is 2.52 bits per heavy atom. The summed E-state index contributed by atoms with van der Waals surface area (Å²) in [7, 11) is 0. The number of aromatic hydroxyl groups is 1. The minimum atomic E-state index is -0.594. The normalized spacial score (nSPS) is 19.2. The van der Waals surface area contributed by atoms with E-state index in [1.807, 2.05) is 0 Å². The van der Waals surface area contributed by atoms with Gasteiger partial charge in [-0.2, -0.15) is 0 Å². The van der Waals surface area contributed by atoms with Gasteiger partial charge in [0.2, 0.25) is 5.76 Å². The van der Waals surface area contributed by atoms with Crippen LogP contribution in [0.2, 0.25) is 5.02 Å². The van der Waals surface area contributed by atoms with Crippen LogP contribution in [0.15, 0.2) is 51.7 Å². The number of rotatable bonds is 4. The molecule has 160 valence electrons. The number of hydrogen-bond donors (Lipinski definition) is 1. The highest BCUT2D eigenvalue weighted by atomic mass is 35.5. The molecule has 2 aliphatic heterocycles. The Morgan fingerprint density at radius 2 is 1.77 bits per heavy atom. The highest BCUT2D eigenvalue weighted by Crippen LogP contribution is 2.38. The van der Waals surface area contributed by atoms with Crippen molar-refractivity contribution in [3.8, 4) is 5.75 Å². The number of ether oxygens (including phenoxy) is 1. The summed E-state index contributed by atoms with van der Waals surface area (Å²) in [4.78, 5) is 30.7. The molecule has 1 atom stereocenters. The molecule has 8 heteroatoms. The first-order valence-electron chi connectivity index (χ1n) is 10.2. The van der Waals surface area contributed by atoms with Gasteiger partial charge >= 0.3 is 0 Å². The second-order valence-electron chi connectivity index (χ2n) is 7.76. The van der Waals surface area contributed by atoms with Gasteiger partial charge in [-0.3, -0.25) is 14.5 Å². The first-order valence-corrected chi connectivity index (χ1v) is 10.6. The minimum Gasteiger partial charge on any atom is -0.508 e. The SMILES string of the molecule is O=C1c2oc3ccc(Cl)cc3c(=O)c2C(c2ccc(O)cc2)N1CCN1CCOCC1. The Morgan fingerprint density at radius 1 is 1.03 bits per heavy atom. The molecule has 0 radical (unpaired) electrons. The maximum absolute atomic E-state index is 13.4. The Bertz CT molecular complexity index is 1200. The number of benzene rings is 2. The average Bonchev–Trinajstić information content (AvgIpc) is 3.06. The Hall–Kier alpha value is -2.87. The first-order chi connectivity index (χ1) is 15.0. The summed E-state index contributed by atoms with van der Waals surface area (Å²) in [6.45, 7) is 4.04. The molecule has 1 fully saturated rings. The van der Waals surface area contributed by atoms with Crippen molar-refractivity contribution in [1.29, 1.82) is 0 Å². The smallest absolute Gasteiger partial charge is 0.290 e. The number of halogens is 1. The Labute approximate surface area is 183 Å². The van der Waals surface area contributed by atoms with Crippen LogP contribution in [0.1, 0.15) is 27.7 Å². The summed E-state index contributed by atoms with van der Waals surface area (Å²) < 4.78 is 11.3. The summed E-state index contributed by atoms with van der Waals surface area (Å²) >= 11 is 6.10. The largest absolute Gasteiger partial charge is 0.508 e. The van der Waals surface area contributed by atoms with Crippen molar-refractivity contribution in [2.24, 2.45) is 0 Å². The highest BCUT2D eigenvalue weighted by molar-refractivity contribution is 6.31. The van der Waals surface area contributed by atoms with Crippen molar-refractivity contribution in [3.05, 3.63) is 74.6 Å². The van der Waals surface area contributed by atoms with Gasteiger partial charge in [-0.15, -0.1) is 0 Å². The zero-order chi connectivity index (χ0) is 21.5. The zero-order valence-corrected chi connectivity index (χ0v) is 17.5. The molecule has 2 aliphatic rings. The van der Waals surface area contributed by atoms with Crippen LogP contribution in [-0.4, -0.2) is 60.2 Å². The fourth-order valence-corrected chi connectivity index (χ4v) is 4.47. The third kappa shape index (κ3) is 3.59. The van der Waals surface area contributed by atoms with E-state index in [0.717, 1.165) is 18.7 Å². The van der Waals surface area contributed by atoms with E-state index in [1.54, 1.807) is 47.4 Å². The number of phenolic OH excluding ortho intramolecular Hbond substituents is 1. The van der Waals surface area contributed by atoms with Crippen LogP contribution in [0.4, 0.5) is 0 Å². The molecule has 0 aliphatic carbocycles. The lowest BCUT2D eigenvalue weighted by molar-refractivity contribution is 0.0314. The molecule has 2 aromatic carbocycles. The maximum Gasteiger partial charge on any atom is 0.290 e. The van der Waals surface area contributed by atoms with Gasteiger partial charge in [-0.05, 0) is 35.9 Å². The summed E-state index contributed by atoms with van der Waals surface area (Å²) in [5.74, 6) is -0.124. The fraction of sp³-hybridized carbons (Fsp3) is 0.304. The maximum atomic E-state index is 13.4. The predicted octanol–water partition coefficient (Wildman–Crippen LogP) is 3.03. The lowest BCUT2D eigenvalue weighted by Gasteiger charge is -2.31. The van der Waals surface area contributed by atoms with Gasteiger partial charge in [0.15, 0.2) is 5.43 Å². The van der Waals surface area contributed by atoms with Gasteiger partial charge in [-0.25, -0.2) is 0 Å². The summed E-state index contributed by atoms with van der Waals surface area (Å²) in [5, 5.41) is 10.5. The second kappa shape index (κ2) is 8.00. The number of fused-ring (bicyclic) bond motifs is 2. The molecule has 0 saturated carbocycles. The van der Waals surface area contributed by atoms with E-state index in [-0.39, 0.29) is 22.8 Å². The van der Waals surface area contributed by atoms with Crippen LogP contribution in [0.25, 0.3) is 11.0 Å². The molecular formula is C23H21ClN2O5. The average molecular weight is 441 g/mol. The van der Waals surface area contributed by atoms with Crippen LogP contribution in [-0.2, 0) is 4.74 Å². The van der Waals surface area contributed by atoms with Gasteiger partial charge in [-0.1, -0.05) is 23.7 Å². The number of carbonyl (C=O) groups excluding carboxylic acids is 1. The van der Waals surface area contributed by atoms with Crippen molar-refractivity contribution in [2.75, 3.05) is 39.4 Å². The molecule has 3 aromatic rings. The van der Waals surface area contributed by atoms with Crippen LogP contribution >= 0.6 is 11.6 Å². The predicted molar refractivity (Wildman–Crippen MR) is 116 cm³/mol. The molecule has 1 unspecified atom stereocenters. The van der Waals surface area contributed by atoms with E-state index in [0.29, 0.717) is 47.9 Å². The van der Waals surface area contributed by atoms with Gasteiger partial charge in [0, 0.05) is 31.2 Å². The summed E-state index contributed by atoms with van der Waals surface area (Å²) in [6.07, 6.45) is 0. The lowest BCUT2D eigenvalue weighted by Crippen LogP contribution is -2.42. The molecule has 3 heterocycles. The van der Waals surface area contributed by atoms with Crippen LogP contribution < -0.4 is 5.43 Å².